The van der Waals surface area contributed by atoms with Gasteiger partial charge >= 0.3 is 0 Å². The van der Waals surface area contributed by atoms with Gasteiger partial charge in [-0.05, 0) is 32.1 Å². The molecule has 3 atom stereocenters. The minimum Gasteiger partial charge on any atom is -0.392 e. The largest absolute Gasteiger partial charge is 0.392 e. The van der Waals surface area contributed by atoms with E-state index in [1.165, 1.54) is 32.1 Å². The Balaban J connectivity index is 1.71. The van der Waals surface area contributed by atoms with E-state index in [4.69, 9.17) is 9.26 Å². The van der Waals surface area contributed by atoms with Crippen molar-refractivity contribution < 1.29 is 14.4 Å². The monoisotopic (exact) mass is 295 g/mol. The van der Waals surface area contributed by atoms with Gasteiger partial charge in [-0.3, -0.25) is 0 Å². The van der Waals surface area contributed by atoms with Crippen molar-refractivity contribution >= 4 is 0 Å². The summed E-state index contributed by atoms with van der Waals surface area (Å²) in [6, 6.07) is -0.0325. The van der Waals surface area contributed by atoms with E-state index in [-0.39, 0.29) is 18.2 Å². The Morgan fingerprint density at radius 1 is 1.38 bits per heavy atom. The highest BCUT2D eigenvalue weighted by atomic mass is 16.5. The summed E-state index contributed by atoms with van der Waals surface area (Å²) in [5.41, 5.74) is 0. The van der Waals surface area contributed by atoms with Crippen LogP contribution in [0.1, 0.15) is 69.3 Å². The second-order valence-electron chi connectivity index (χ2n) is 6.12. The Hall–Kier alpha value is -0.980. The van der Waals surface area contributed by atoms with E-state index in [1.54, 1.807) is 0 Å². The minimum absolute atomic E-state index is 0.0325. The maximum Gasteiger partial charge on any atom is 0.243 e. The molecule has 0 radical (unpaired) electrons. The third-order valence-electron chi connectivity index (χ3n) is 4.54. The van der Waals surface area contributed by atoms with E-state index in [9.17, 15) is 5.11 Å². The van der Waals surface area contributed by atoms with Gasteiger partial charge in [0.25, 0.3) is 0 Å². The number of hydrogen-bond donors (Lipinski definition) is 2. The molecule has 0 bridgehead atoms. The molecule has 1 unspecified atom stereocenters. The van der Waals surface area contributed by atoms with Gasteiger partial charge in [0.1, 0.15) is 6.10 Å². The van der Waals surface area contributed by atoms with Crippen LogP contribution in [0.25, 0.3) is 0 Å². The highest BCUT2D eigenvalue weighted by molar-refractivity contribution is 5.01. The van der Waals surface area contributed by atoms with Crippen LogP contribution in [0.3, 0.4) is 0 Å². The van der Waals surface area contributed by atoms with E-state index in [0.29, 0.717) is 37.2 Å². The van der Waals surface area contributed by atoms with Crippen molar-refractivity contribution in [2.24, 2.45) is 5.92 Å². The summed E-state index contributed by atoms with van der Waals surface area (Å²) in [5, 5.41) is 16.9. The molecule has 21 heavy (non-hydrogen) atoms. The summed E-state index contributed by atoms with van der Waals surface area (Å²) in [6.07, 6.45) is 6.43. The lowest BCUT2D eigenvalue weighted by Crippen LogP contribution is -2.20. The van der Waals surface area contributed by atoms with E-state index < -0.39 is 0 Å². The van der Waals surface area contributed by atoms with E-state index >= 15 is 0 Å². The van der Waals surface area contributed by atoms with Gasteiger partial charge < -0.3 is 19.7 Å². The van der Waals surface area contributed by atoms with Gasteiger partial charge in [-0.2, -0.15) is 4.98 Å². The van der Waals surface area contributed by atoms with Crippen molar-refractivity contribution in [3.8, 4) is 0 Å². The van der Waals surface area contributed by atoms with Crippen molar-refractivity contribution in [2.45, 2.75) is 63.7 Å². The summed E-state index contributed by atoms with van der Waals surface area (Å²) in [7, 11) is 0. The smallest absolute Gasteiger partial charge is 0.243 e. The van der Waals surface area contributed by atoms with Gasteiger partial charge in [-0.15, -0.1) is 0 Å². The Bertz CT molecular complexity index is 445. The molecule has 3 rings (SSSR count). The maximum absolute atomic E-state index is 9.59. The highest BCUT2D eigenvalue weighted by Crippen LogP contribution is 2.36. The predicted octanol–water partition coefficient (Wildman–Crippen LogP) is 2.12. The SMILES string of the molecule is CCOC(c1noc([C@H]2C[C@H](O)CN2)n1)C1CCCCC1. The molecule has 0 amide bonds. The lowest BCUT2D eigenvalue weighted by atomic mass is 9.85. The highest BCUT2D eigenvalue weighted by Gasteiger charge is 2.32. The number of nitrogens with zero attached hydrogens (tertiary/aromatic N) is 2. The van der Waals surface area contributed by atoms with Crippen LogP contribution < -0.4 is 5.32 Å². The Labute approximate surface area is 125 Å². The number of aliphatic hydroxyl groups is 1. The van der Waals surface area contributed by atoms with Gasteiger partial charge in [0.15, 0.2) is 0 Å². The van der Waals surface area contributed by atoms with Gasteiger partial charge in [0.2, 0.25) is 11.7 Å². The molecule has 2 heterocycles. The van der Waals surface area contributed by atoms with Crippen LogP contribution in [0.4, 0.5) is 0 Å². The van der Waals surface area contributed by atoms with Crippen LogP contribution in [-0.4, -0.2) is 34.5 Å². The average molecular weight is 295 g/mol. The number of ether oxygens (including phenoxy) is 1. The molecule has 2 N–H and O–H groups in total. The van der Waals surface area contributed by atoms with Crippen LogP contribution in [0.2, 0.25) is 0 Å². The summed E-state index contributed by atoms with van der Waals surface area (Å²) in [4.78, 5) is 4.54. The molecule has 2 aliphatic rings. The standard InChI is InChI=1S/C15H25N3O3/c1-2-20-13(10-6-4-3-5-7-10)14-17-15(21-18-14)12-8-11(19)9-16-12/h10-13,16,19H,2-9H2,1H3/t11-,12+,13?/m0/s1. The molecule has 6 heteroatoms. The summed E-state index contributed by atoms with van der Waals surface area (Å²) in [5.74, 6) is 1.73. The van der Waals surface area contributed by atoms with Gasteiger partial charge in [0, 0.05) is 13.2 Å². The molecular formula is C15H25N3O3. The zero-order valence-corrected chi connectivity index (χ0v) is 12.6. The average Bonchev–Trinajstić information content (AvgIpc) is 3.14. The van der Waals surface area contributed by atoms with Crippen molar-refractivity contribution in [3.05, 3.63) is 11.7 Å². The van der Waals surface area contributed by atoms with E-state index in [1.807, 2.05) is 6.92 Å². The van der Waals surface area contributed by atoms with Gasteiger partial charge in [-0.25, -0.2) is 0 Å². The van der Waals surface area contributed by atoms with Crippen LogP contribution in [-0.2, 0) is 4.74 Å². The maximum atomic E-state index is 9.59. The first-order chi connectivity index (χ1) is 10.3. The number of aliphatic hydroxyl groups excluding tert-OH is 1. The fourth-order valence-electron chi connectivity index (χ4n) is 3.45. The summed E-state index contributed by atoms with van der Waals surface area (Å²) in [6.45, 7) is 3.25. The first-order valence-corrected chi connectivity index (χ1v) is 8.14. The quantitative estimate of drug-likeness (QED) is 0.866. The summed E-state index contributed by atoms with van der Waals surface area (Å²) < 4.78 is 11.3. The fraction of sp³-hybridized carbons (Fsp3) is 0.867. The number of hydrogen-bond acceptors (Lipinski definition) is 6. The number of β-amino-alcohol motifs (C(OH)–C–C–N with tert-alkyl or cyclic N) is 1. The molecule has 1 saturated heterocycles. The molecule has 0 spiro atoms. The Morgan fingerprint density at radius 2 is 2.19 bits per heavy atom. The molecule has 1 aliphatic carbocycles. The van der Waals surface area contributed by atoms with E-state index in [0.717, 1.165) is 0 Å². The lowest BCUT2D eigenvalue weighted by molar-refractivity contribution is -0.00145. The lowest BCUT2D eigenvalue weighted by Gasteiger charge is -2.27. The first kappa shape index (κ1) is 14.9. The second-order valence-corrected chi connectivity index (χ2v) is 6.12. The predicted molar refractivity (Wildman–Crippen MR) is 76.6 cm³/mol. The molecule has 2 fully saturated rings. The minimum atomic E-state index is -0.327. The van der Waals surface area contributed by atoms with Gasteiger partial charge in [0.05, 0.1) is 12.1 Å². The topological polar surface area (TPSA) is 80.4 Å². The van der Waals surface area contributed by atoms with Crippen LogP contribution in [0, 0.1) is 5.92 Å². The van der Waals surface area contributed by atoms with Crippen molar-refractivity contribution in [1.82, 2.24) is 15.5 Å². The molecule has 0 aromatic carbocycles. The normalized spacial score (nSPS) is 28.9. The Kier molecular flexibility index (Phi) is 4.87. The van der Waals surface area contributed by atoms with Crippen LogP contribution in [0.15, 0.2) is 4.52 Å². The number of nitrogens with one attached hydrogen (secondary N) is 1. The van der Waals surface area contributed by atoms with Crippen LogP contribution >= 0.6 is 0 Å². The van der Waals surface area contributed by atoms with Crippen molar-refractivity contribution in [3.63, 3.8) is 0 Å². The van der Waals surface area contributed by atoms with Crippen molar-refractivity contribution in [1.29, 1.82) is 0 Å². The second kappa shape index (κ2) is 6.85. The third-order valence-corrected chi connectivity index (χ3v) is 4.54. The zero-order valence-electron chi connectivity index (χ0n) is 12.6. The molecule has 6 nitrogen and oxygen atoms in total. The molecule has 1 aromatic rings. The molecule has 1 saturated carbocycles. The first-order valence-electron chi connectivity index (χ1n) is 8.14. The molecular weight excluding hydrogens is 270 g/mol. The fourth-order valence-corrected chi connectivity index (χ4v) is 3.45. The van der Waals surface area contributed by atoms with Gasteiger partial charge in [-0.1, -0.05) is 24.4 Å². The zero-order chi connectivity index (χ0) is 14.7. The number of aromatic nitrogens is 2. The van der Waals surface area contributed by atoms with E-state index in [2.05, 4.69) is 15.5 Å². The van der Waals surface area contributed by atoms with Crippen LogP contribution in [0.5, 0.6) is 0 Å². The molecule has 1 aromatic heterocycles. The molecule has 1 aliphatic heterocycles. The summed E-state index contributed by atoms with van der Waals surface area (Å²) >= 11 is 0. The third kappa shape index (κ3) is 3.44. The molecule has 118 valence electrons. The number of rotatable bonds is 5. The Morgan fingerprint density at radius 3 is 2.86 bits per heavy atom. The van der Waals surface area contributed by atoms with Crippen molar-refractivity contribution in [2.75, 3.05) is 13.2 Å².